The van der Waals surface area contributed by atoms with E-state index in [1.165, 1.54) is 12.7 Å². The summed E-state index contributed by atoms with van der Waals surface area (Å²) in [6.07, 6.45) is 4.04. The molecule has 1 radical (unpaired) electrons. The van der Waals surface area contributed by atoms with E-state index in [9.17, 15) is 10.1 Å². The van der Waals surface area contributed by atoms with Crippen molar-refractivity contribution in [3.63, 3.8) is 0 Å². The van der Waals surface area contributed by atoms with Gasteiger partial charge in [-0.2, -0.15) is 0 Å². The SMILES string of the molecule is CO[B]N1CCCC(=Cc2ccc(OC)c([N+](=O)[O-])c2)C1. The minimum Gasteiger partial charge on any atom is -0.490 e. The van der Waals surface area contributed by atoms with Crippen LogP contribution in [0.25, 0.3) is 6.08 Å². The van der Waals surface area contributed by atoms with Gasteiger partial charge in [0.15, 0.2) is 5.75 Å². The Balaban J connectivity index is 2.20. The number of hydrogen-bond donors (Lipinski definition) is 0. The lowest BCUT2D eigenvalue weighted by Gasteiger charge is -2.26. The highest BCUT2D eigenvalue weighted by Gasteiger charge is 2.17. The van der Waals surface area contributed by atoms with E-state index in [-0.39, 0.29) is 11.4 Å². The molecule has 0 bridgehead atoms. The number of hydrogen-bond acceptors (Lipinski definition) is 5. The molecule has 0 unspecified atom stereocenters. The Morgan fingerprint density at radius 3 is 2.90 bits per heavy atom. The summed E-state index contributed by atoms with van der Waals surface area (Å²) < 4.78 is 10.0. The highest BCUT2D eigenvalue weighted by atomic mass is 16.6. The molecule has 111 valence electrons. The zero-order chi connectivity index (χ0) is 15.2. The smallest absolute Gasteiger partial charge is 0.398 e. The van der Waals surface area contributed by atoms with Crippen LogP contribution in [0, 0.1) is 10.1 Å². The van der Waals surface area contributed by atoms with Crippen LogP contribution in [-0.2, 0) is 4.65 Å². The van der Waals surface area contributed by atoms with Crippen LogP contribution in [-0.4, -0.2) is 44.7 Å². The molecule has 1 saturated heterocycles. The predicted molar refractivity (Wildman–Crippen MR) is 81.2 cm³/mol. The minimum absolute atomic E-state index is 0.0111. The summed E-state index contributed by atoms with van der Waals surface area (Å²) in [5.41, 5.74) is 2.04. The summed E-state index contributed by atoms with van der Waals surface area (Å²) in [6, 6.07) is 5.01. The van der Waals surface area contributed by atoms with Crippen molar-refractivity contribution in [2.45, 2.75) is 12.8 Å². The Morgan fingerprint density at radius 1 is 1.43 bits per heavy atom. The molecule has 0 aliphatic carbocycles. The normalized spacial score (nSPS) is 17.7. The second-order valence-electron chi connectivity index (χ2n) is 4.91. The summed E-state index contributed by atoms with van der Waals surface area (Å²) in [7, 11) is 4.77. The summed E-state index contributed by atoms with van der Waals surface area (Å²) in [4.78, 5) is 12.7. The first-order valence-corrected chi connectivity index (χ1v) is 6.76. The molecule has 0 saturated carbocycles. The van der Waals surface area contributed by atoms with Crippen LogP contribution in [0.3, 0.4) is 0 Å². The number of nitro benzene ring substituents is 1. The molecule has 6 nitrogen and oxygen atoms in total. The van der Waals surface area contributed by atoms with Gasteiger partial charge in [0, 0.05) is 19.7 Å². The Bertz CT molecular complexity index is 546. The summed E-state index contributed by atoms with van der Waals surface area (Å²) in [5.74, 6) is 0.278. The highest BCUT2D eigenvalue weighted by Crippen LogP contribution is 2.29. The molecule has 0 N–H and O–H groups in total. The molecular weight excluding hydrogens is 271 g/mol. The van der Waals surface area contributed by atoms with Gasteiger partial charge in [0.1, 0.15) is 0 Å². The maximum Gasteiger partial charge on any atom is 0.398 e. The molecule has 7 heteroatoms. The van der Waals surface area contributed by atoms with Gasteiger partial charge in [-0.25, -0.2) is 0 Å². The average Bonchev–Trinajstić information content (AvgIpc) is 2.48. The third-order valence-corrected chi connectivity index (χ3v) is 3.37. The van der Waals surface area contributed by atoms with E-state index in [0.717, 1.165) is 31.5 Å². The third kappa shape index (κ3) is 4.06. The number of methoxy groups -OCH3 is 1. The van der Waals surface area contributed by atoms with Crippen molar-refractivity contribution in [1.82, 2.24) is 4.81 Å². The van der Waals surface area contributed by atoms with Gasteiger partial charge in [0.2, 0.25) is 0 Å². The van der Waals surface area contributed by atoms with Gasteiger partial charge in [0.25, 0.3) is 0 Å². The van der Waals surface area contributed by atoms with Crippen LogP contribution in [0.4, 0.5) is 5.69 Å². The number of piperidine rings is 1. The molecule has 21 heavy (non-hydrogen) atoms. The van der Waals surface area contributed by atoms with Crippen molar-refractivity contribution in [2.75, 3.05) is 27.3 Å². The van der Waals surface area contributed by atoms with E-state index in [0.29, 0.717) is 0 Å². The molecule has 1 aliphatic heterocycles. The van der Waals surface area contributed by atoms with E-state index in [2.05, 4.69) is 4.81 Å². The van der Waals surface area contributed by atoms with Crippen molar-refractivity contribution in [1.29, 1.82) is 0 Å². The molecule has 2 rings (SSSR count). The van der Waals surface area contributed by atoms with Gasteiger partial charge in [0.05, 0.1) is 12.0 Å². The average molecular weight is 289 g/mol. The van der Waals surface area contributed by atoms with Crippen LogP contribution in [0.5, 0.6) is 5.75 Å². The number of nitro groups is 1. The molecular formula is C14H18BN2O4. The van der Waals surface area contributed by atoms with Crippen molar-refractivity contribution in [2.24, 2.45) is 0 Å². The fraction of sp³-hybridized carbons (Fsp3) is 0.429. The lowest BCUT2D eigenvalue weighted by molar-refractivity contribution is -0.385. The van der Waals surface area contributed by atoms with Crippen molar-refractivity contribution < 1.29 is 14.3 Å². The zero-order valence-corrected chi connectivity index (χ0v) is 12.2. The number of nitrogens with zero attached hydrogens (tertiary/aromatic N) is 2. The fourth-order valence-electron chi connectivity index (χ4n) is 2.46. The maximum atomic E-state index is 11.0. The van der Waals surface area contributed by atoms with Gasteiger partial charge in [-0.1, -0.05) is 17.7 Å². The quantitative estimate of drug-likeness (QED) is 0.472. The van der Waals surface area contributed by atoms with E-state index in [1.54, 1.807) is 26.9 Å². The summed E-state index contributed by atoms with van der Waals surface area (Å²) >= 11 is 0. The molecule has 1 fully saturated rings. The first kappa shape index (κ1) is 15.5. The highest BCUT2D eigenvalue weighted by molar-refractivity contribution is 6.23. The lowest BCUT2D eigenvalue weighted by atomic mass is 9.97. The maximum absolute atomic E-state index is 11.0. The second kappa shape index (κ2) is 7.24. The fourth-order valence-corrected chi connectivity index (χ4v) is 2.46. The summed E-state index contributed by atoms with van der Waals surface area (Å²) in [6.45, 7) is 1.75. The molecule has 1 aliphatic rings. The van der Waals surface area contributed by atoms with Gasteiger partial charge < -0.3 is 14.2 Å². The lowest BCUT2D eigenvalue weighted by Crippen LogP contribution is -2.35. The topological polar surface area (TPSA) is 64.8 Å². The molecule has 0 spiro atoms. The predicted octanol–water partition coefficient (Wildman–Crippen LogP) is 2.26. The largest absolute Gasteiger partial charge is 0.490 e. The van der Waals surface area contributed by atoms with Gasteiger partial charge in [-0.15, -0.1) is 0 Å². The first-order valence-electron chi connectivity index (χ1n) is 6.76. The van der Waals surface area contributed by atoms with Crippen molar-refractivity contribution in [3.8, 4) is 5.75 Å². The molecule has 1 heterocycles. The minimum atomic E-state index is -0.424. The van der Waals surface area contributed by atoms with Crippen LogP contribution >= 0.6 is 0 Å². The summed E-state index contributed by atoms with van der Waals surface area (Å²) in [5, 5.41) is 11.0. The standard InChI is InChI=1S/C14H18BN2O4/c1-20-14-6-5-11(9-13(14)17(18)19)8-12-4-3-7-16(10-12)15-21-2/h5-6,8-9H,3-4,7,10H2,1-2H3. The first-order chi connectivity index (χ1) is 10.1. The Hall–Kier alpha value is -1.86. The Morgan fingerprint density at radius 2 is 2.24 bits per heavy atom. The van der Waals surface area contributed by atoms with Crippen LogP contribution in [0.1, 0.15) is 18.4 Å². The zero-order valence-electron chi connectivity index (χ0n) is 12.2. The number of ether oxygens (including phenoxy) is 1. The van der Waals surface area contributed by atoms with Crippen LogP contribution in [0.2, 0.25) is 0 Å². The molecule has 0 atom stereocenters. The molecule has 1 aromatic rings. The van der Waals surface area contributed by atoms with Gasteiger partial charge in [-0.05, 0) is 31.0 Å². The Kier molecular flexibility index (Phi) is 5.35. The van der Waals surface area contributed by atoms with Crippen LogP contribution in [0.15, 0.2) is 23.8 Å². The van der Waals surface area contributed by atoms with Crippen molar-refractivity contribution in [3.05, 3.63) is 39.4 Å². The Labute approximate surface area is 124 Å². The van der Waals surface area contributed by atoms with E-state index < -0.39 is 4.92 Å². The van der Waals surface area contributed by atoms with Gasteiger partial charge in [-0.3, -0.25) is 10.1 Å². The van der Waals surface area contributed by atoms with E-state index in [4.69, 9.17) is 9.39 Å². The van der Waals surface area contributed by atoms with E-state index in [1.807, 2.05) is 12.1 Å². The number of benzene rings is 1. The second-order valence-corrected chi connectivity index (χ2v) is 4.91. The molecule has 0 amide bonds. The monoisotopic (exact) mass is 289 g/mol. The number of rotatable bonds is 5. The molecule has 0 aromatic heterocycles. The van der Waals surface area contributed by atoms with Crippen LogP contribution < -0.4 is 4.74 Å². The van der Waals surface area contributed by atoms with E-state index >= 15 is 0 Å². The molecule has 1 aromatic carbocycles. The van der Waals surface area contributed by atoms with Gasteiger partial charge >= 0.3 is 13.3 Å². The van der Waals surface area contributed by atoms with Crippen molar-refractivity contribution >= 4 is 19.4 Å². The third-order valence-electron chi connectivity index (χ3n) is 3.37.